The molecule has 2 rings (SSSR count). The topological polar surface area (TPSA) is 75.4 Å². The molecule has 3 N–H and O–H groups in total. The standard InChI is InChI=1S/C16H20F3N3O2/c1-22(15(24)16(17,18)19)9-10-3-2-4-13(7-10)21-14(23)11-5-6-12(20)8-11/h2-4,7,11-12H,5-6,8-9,20H2,1H3,(H,21,23). The third-order valence-corrected chi connectivity index (χ3v) is 4.05. The van der Waals surface area contributed by atoms with E-state index in [1.165, 1.54) is 0 Å². The number of benzene rings is 1. The molecule has 1 aromatic carbocycles. The zero-order valence-electron chi connectivity index (χ0n) is 13.3. The SMILES string of the molecule is CN(Cc1cccc(NC(=O)C2CCC(N)C2)c1)C(=O)C(F)(F)F. The Morgan fingerprint density at radius 1 is 1.33 bits per heavy atom. The summed E-state index contributed by atoms with van der Waals surface area (Å²) < 4.78 is 37.2. The number of nitrogens with one attached hydrogen (secondary N) is 1. The van der Waals surface area contributed by atoms with Crippen LogP contribution in [0.2, 0.25) is 0 Å². The Labute approximate surface area is 138 Å². The van der Waals surface area contributed by atoms with Gasteiger partial charge in [0.25, 0.3) is 0 Å². The highest BCUT2D eigenvalue weighted by Gasteiger charge is 2.41. The number of alkyl halides is 3. The van der Waals surface area contributed by atoms with E-state index in [2.05, 4.69) is 5.32 Å². The van der Waals surface area contributed by atoms with Crippen molar-refractivity contribution in [3.05, 3.63) is 29.8 Å². The number of hydrogen-bond donors (Lipinski definition) is 2. The summed E-state index contributed by atoms with van der Waals surface area (Å²) >= 11 is 0. The van der Waals surface area contributed by atoms with Crippen molar-refractivity contribution in [1.29, 1.82) is 0 Å². The quantitative estimate of drug-likeness (QED) is 0.881. The lowest BCUT2D eigenvalue weighted by Gasteiger charge is -2.19. The largest absolute Gasteiger partial charge is 0.471 e. The molecule has 2 unspecified atom stereocenters. The molecule has 0 aliphatic heterocycles. The summed E-state index contributed by atoms with van der Waals surface area (Å²) in [6, 6.07) is 6.47. The summed E-state index contributed by atoms with van der Waals surface area (Å²) in [5.74, 6) is -2.19. The molecule has 1 aliphatic carbocycles. The predicted molar refractivity (Wildman–Crippen MR) is 82.9 cm³/mol. The molecule has 1 aromatic rings. The number of anilines is 1. The molecule has 132 valence electrons. The molecule has 5 nitrogen and oxygen atoms in total. The Hall–Kier alpha value is -2.09. The third kappa shape index (κ3) is 4.70. The van der Waals surface area contributed by atoms with Crippen molar-refractivity contribution in [3.8, 4) is 0 Å². The Morgan fingerprint density at radius 3 is 2.62 bits per heavy atom. The lowest BCUT2D eigenvalue weighted by molar-refractivity contribution is -0.184. The number of amides is 2. The van der Waals surface area contributed by atoms with Gasteiger partial charge in [0.15, 0.2) is 0 Å². The van der Waals surface area contributed by atoms with Crippen LogP contribution < -0.4 is 11.1 Å². The van der Waals surface area contributed by atoms with Crippen LogP contribution >= 0.6 is 0 Å². The van der Waals surface area contributed by atoms with Crippen LogP contribution in [0.15, 0.2) is 24.3 Å². The number of rotatable bonds is 4. The number of nitrogens with two attached hydrogens (primary N) is 1. The van der Waals surface area contributed by atoms with Crippen molar-refractivity contribution in [2.24, 2.45) is 11.7 Å². The minimum absolute atomic E-state index is 0.0362. The van der Waals surface area contributed by atoms with Gasteiger partial charge in [0.1, 0.15) is 0 Å². The van der Waals surface area contributed by atoms with Gasteiger partial charge >= 0.3 is 12.1 Å². The predicted octanol–water partition coefficient (Wildman–Crippen LogP) is 2.27. The molecular formula is C16H20F3N3O2. The smallest absolute Gasteiger partial charge is 0.334 e. The highest BCUT2D eigenvalue weighted by atomic mass is 19.4. The zero-order chi connectivity index (χ0) is 17.9. The molecule has 1 saturated carbocycles. The maximum atomic E-state index is 12.4. The summed E-state index contributed by atoms with van der Waals surface area (Å²) in [6.07, 6.45) is -2.73. The number of hydrogen-bond acceptors (Lipinski definition) is 3. The van der Waals surface area contributed by atoms with E-state index in [0.717, 1.165) is 19.9 Å². The van der Waals surface area contributed by atoms with E-state index in [0.29, 0.717) is 22.6 Å². The molecule has 0 aromatic heterocycles. The summed E-state index contributed by atoms with van der Waals surface area (Å²) in [4.78, 5) is 23.9. The number of halogens is 3. The van der Waals surface area contributed by atoms with E-state index in [-0.39, 0.29) is 24.4 Å². The summed E-state index contributed by atoms with van der Waals surface area (Å²) in [7, 11) is 1.08. The molecule has 0 bridgehead atoms. The van der Waals surface area contributed by atoms with E-state index in [1.54, 1.807) is 24.3 Å². The molecule has 2 atom stereocenters. The Balaban J connectivity index is 1.98. The minimum Gasteiger partial charge on any atom is -0.334 e. The fourth-order valence-corrected chi connectivity index (χ4v) is 2.81. The lowest BCUT2D eigenvalue weighted by atomic mass is 10.1. The van der Waals surface area contributed by atoms with Gasteiger partial charge in [-0.3, -0.25) is 9.59 Å². The minimum atomic E-state index is -4.90. The van der Waals surface area contributed by atoms with Crippen molar-refractivity contribution in [1.82, 2.24) is 4.90 Å². The van der Waals surface area contributed by atoms with Crippen LogP contribution in [0.1, 0.15) is 24.8 Å². The van der Waals surface area contributed by atoms with E-state index >= 15 is 0 Å². The van der Waals surface area contributed by atoms with Gasteiger partial charge in [0.2, 0.25) is 5.91 Å². The molecule has 24 heavy (non-hydrogen) atoms. The normalized spacial score (nSPS) is 20.7. The van der Waals surface area contributed by atoms with Crippen molar-refractivity contribution >= 4 is 17.5 Å². The maximum absolute atomic E-state index is 12.4. The Kier molecular flexibility index (Phi) is 5.48. The highest BCUT2D eigenvalue weighted by Crippen LogP contribution is 2.26. The van der Waals surface area contributed by atoms with Crippen molar-refractivity contribution < 1.29 is 22.8 Å². The maximum Gasteiger partial charge on any atom is 0.471 e. The zero-order valence-corrected chi connectivity index (χ0v) is 13.3. The van der Waals surface area contributed by atoms with Crippen LogP contribution in [0, 0.1) is 5.92 Å². The lowest BCUT2D eigenvalue weighted by Crippen LogP contribution is -2.37. The van der Waals surface area contributed by atoms with Gasteiger partial charge in [-0.1, -0.05) is 12.1 Å². The molecule has 0 radical (unpaired) electrons. The van der Waals surface area contributed by atoms with Crippen LogP contribution in [-0.2, 0) is 16.1 Å². The highest BCUT2D eigenvalue weighted by molar-refractivity contribution is 5.92. The monoisotopic (exact) mass is 343 g/mol. The van der Waals surface area contributed by atoms with Gasteiger partial charge in [0.05, 0.1) is 0 Å². The van der Waals surface area contributed by atoms with Crippen molar-refractivity contribution in [2.45, 2.75) is 38.0 Å². The van der Waals surface area contributed by atoms with Gasteiger partial charge in [-0.05, 0) is 37.0 Å². The molecule has 1 aliphatic rings. The van der Waals surface area contributed by atoms with Crippen LogP contribution in [0.3, 0.4) is 0 Å². The van der Waals surface area contributed by atoms with Crippen LogP contribution in [0.5, 0.6) is 0 Å². The molecule has 8 heteroatoms. The molecule has 0 saturated heterocycles. The van der Waals surface area contributed by atoms with Crippen LogP contribution in [0.25, 0.3) is 0 Å². The first-order valence-corrected chi connectivity index (χ1v) is 7.64. The van der Waals surface area contributed by atoms with Crippen molar-refractivity contribution in [3.63, 3.8) is 0 Å². The van der Waals surface area contributed by atoms with Crippen LogP contribution in [0.4, 0.5) is 18.9 Å². The van der Waals surface area contributed by atoms with Gasteiger partial charge in [-0.15, -0.1) is 0 Å². The number of nitrogens with zero attached hydrogens (tertiary/aromatic N) is 1. The average molecular weight is 343 g/mol. The second-order valence-corrected chi connectivity index (χ2v) is 6.12. The van der Waals surface area contributed by atoms with E-state index in [9.17, 15) is 22.8 Å². The van der Waals surface area contributed by atoms with Gasteiger partial charge in [0, 0.05) is 31.2 Å². The van der Waals surface area contributed by atoms with Crippen molar-refractivity contribution in [2.75, 3.05) is 12.4 Å². The third-order valence-electron chi connectivity index (χ3n) is 4.05. The summed E-state index contributed by atoms with van der Waals surface area (Å²) in [5, 5.41) is 2.76. The van der Waals surface area contributed by atoms with Gasteiger partial charge < -0.3 is 16.0 Å². The Morgan fingerprint density at radius 2 is 2.04 bits per heavy atom. The fourth-order valence-electron chi connectivity index (χ4n) is 2.81. The molecular weight excluding hydrogens is 323 g/mol. The number of carbonyl (C=O) groups is 2. The van der Waals surface area contributed by atoms with Gasteiger partial charge in [-0.25, -0.2) is 0 Å². The van der Waals surface area contributed by atoms with E-state index in [1.807, 2.05) is 0 Å². The summed E-state index contributed by atoms with van der Waals surface area (Å²) in [5.41, 5.74) is 6.78. The van der Waals surface area contributed by atoms with Gasteiger partial charge in [-0.2, -0.15) is 13.2 Å². The van der Waals surface area contributed by atoms with E-state index in [4.69, 9.17) is 5.73 Å². The number of carbonyl (C=O) groups excluding carboxylic acids is 2. The fraction of sp³-hybridized carbons (Fsp3) is 0.500. The summed E-state index contributed by atoms with van der Waals surface area (Å²) in [6.45, 7) is -0.198. The molecule has 1 fully saturated rings. The van der Waals surface area contributed by atoms with E-state index < -0.39 is 12.1 Å². The first kappa shape index (κ1) is 18.3. The molecule has 2 amide bonds. The first-order valence-electron chi connectivity index (χ1n) is 7.64. The first-order chi connectivity index (χ1) is 11.2. The molecule has 0 heterocycles. The van der Waals surface area contributed by atoms with Crippen LogP contribution in [-0.4, -0.2) is 36.0 Å². The second-order valence-electron chi connectivity index (χ2n) is 6.12. The molecule has 0 spiro atoms. The average Bonchev–Trinajstić information content (AvgIpc) is 2.92. The second kappa shape index (κ2) is 7.21. The Bertz CT molecular complexity index is 619.